The number of aryl methyl sites for hydroxylation is 1. The molecular formula is C71H102N2Si4. The molecule has 0 aliphatic rings. The molecular weight excluding hydrogens is 993 g/mol. The third-order valence-corrected chi connectivity index (χ3v) is 31.5. The molecule has 0 heterocycles. The van der Waals surface area contributed by atoms with E-state index in [2.05, 4.69) is 270 Å². The molecule has 7 rings (SSSR count). The topological polar surface area (TPSA) is 6.48 Å². The Bertz CT molecular complexity index is 3110. The van der Waals surface area contributed by atoms with Crippen molar-refractivity contribution in [2.24, 2.45) is 0 Å². The molecule has 0 spiro atoms. The lowest BCUT2D eigenvalue weighted by Gasteiger charge is -2.37. The molecule has 0 aliphatic heterocycles. The molecule has 0 amide bonds. The van der Waals surface area contributed by atoms with E-state index in [1.807, 2.05) is 0 Å². The van der Waals surface area contributed by atoms with Crippen LogP contribution < -0.4 is 30.5 Å². The molecule has 0 unspecified atom stereocenters. The van der Waals surface area contributed by atoms with Gasteiger partial charge in [0.2, 0.25) is 0 Å². The molecule has 0 bridgehead atoms. The van der Waals surface area contributed by atoms with E-state index in [1.54, 1.807) is 20.7 Å². The van der Waals surface area contributed by atoms with Crippen LogP contribution >= 0.6 is 0 Å². The maximum Gasteiger partial charge on any atom is 0.0860 e. The van der Waals surface area contributed by atoms with Crippen molar-refractivity contribution >= 4 is 112 Å². The Morgan fingerprint density at radius 3 is 1.17 bits per heavy atom. The first kappa shape index (κ1) is 60.2. The molecule has 0 fully saturated rings. The summed E-state index contributed by atoms with van der Waals surface area (Å²) in [6, 6.07) is 58.4. The largest absolute Gasteiger partial charge is 0.309 e. The third-order valence-electron chi connectivity index (χ3n) is 17.9. The van der Waals surface area contributed by atoms with Crippen LogP contribution in [0.15, 0.2) is 115 Å². The second-order valence-corrected chi connectivity index (χ2v) is 42.3. The Labute approximate surface area is 476 Å². The molecule has 2 nitrogen and oxygen atoms in total. The highest BCUT2D eigenvalue weighted by atomic mass is 28.3. The molecule has 412 valence electrons. The van der Waals surface area contributed by atoms with Crippen molar-refractivity contribution in [1.82, 2.24) is 0 Å². The number of hydrogen-bond donors (Lipinski definition) is 0. The van der Waals surface area contributed by atoms with E-state index in [9.17, 15) is 0 Å². The second kappa shape index (κ2) is 23.7. The number of nitrogens with zero attached hydrogens (tertiary/aromatic N) is 2. The van der Waals surface area contributed by atoms with Gasteiger partial charge in [0.1, 0.15) is 0 Å². The van der Waals surface area contributed by atoms with Crippen molar-refractivity contribution in [3.63, 3.8) is 0 Å². The Balaban J connectivity index is 1.78. The first-order chi connectivity index (χ1) is 36.2. The predicted molar refractivity (Wildman–Crippen MR) is 361 cm³/mol. The van der Waals surface area contributed by atoms with E-state index < -0.39 is 35.2 Å². The molecule has 6 heteroatoms. The highest BCUT2D eigenvalue weighted by Crippen LogP contribution is 2.53. The Morgan fingerprint density at radius 2 is 0.779 bits per heavy atom. The molecule has 77 heavy (non-hydrogen) atoms. The van der Waals surface area contributed by atoms with Crippen LogP contribution in [-0.2, 0) is 21.7 Å². The van der Waals surface area contributed by atoms with Crippen LogP contribution in [-0.4, -0.2) is 35.2 Å². The number of anilines is 6. The summed E-state index contributed by atoms with van der Waals surface area (Å²) in [4.78, 5) is 5.54. The minimum atomic E-state index is -1.84. The fourth-order valence-corrected chi connectivity index (χ4v) is 22.5. The predicted octanol–water partition coefficient (Wildman–Crippen LogP) is 18.3. The van der Waals surface area contributed by atoms with Crippen LogP contribution in [0, 0.1) is 6.92 Å². The van der Waals surface area contributed by atoms with Gasteiger partial charge in [0.05, 0.1) is 46.6 Å². The summed E-state index contributed by atoms with van der Waals surface area (Å²) in [5, 5.41) is 11.7. The van der Waals surface area contributed by atoms with Gasteiger partial charge in [-0.1, -0.05) is 274 Å². The zero-order chi connectivity index (χ0) is 56.6. The summed E-state index contributed by atoms with van der Waals surface area (Å²) in [6.07, 6.45) is 0. The maximum atomic E-state index is 2.79. The molecule has 0 radical (unpaired) electrons. The van der Waals surface area contributed by atoms with Gasteiger partial charge in [-0.3, -0.25) is 0 Å². The van der Waals surface area contributed by atoms with Crippen molar-refractivity contribution in [3.8, 4) is 0 Å². The number of benzene rings is 7. The van der Waals surface area contributed by atoms with Crippen LogP contribution in [0.4, 0.5) is 34.1 Å². The van der Waals surface area contributed by atoms with Gasteiger partial charge in [0.15, 0.2) is 0 Å². The smallest absolute Gasteiger partial charge is 0.0860 e. The quantitative estimate of drug-likeness (QED) is 0.0480. The fourth-order valence-electron chi connectivity index (χ4n) is 12.4. The van der Waals surface area contributed by atoms with Gasteiger partial charge >= 0.3 is 0 Å². The van der Waals surface area contributed by atoms with Gasteiger partial charge in [0.25, 0.3) is 0 Å². The second-order valence-electron chi connectivity index (χ2n) is 27.4. The normalized spacial score (nSPS) is 13.1. The van der Waals surface area contributed by atoms with Gasteiger partial charge in [-0.25, -0.2) is 0 Å². The number of fused-ring (bicyclic) bond motifs is 2. The average molecular weight is 1100 g/mol. The first-order valence-electron chi connectivity index (χ1n) is 30.4. The zero-order valence-corrected chi connectivity index (χ0v) is 57.1. The first-order valence-corrected chi connectivity index (χ1v) is 39.1. The fraction of sp³-hybridized carbons (Fsp3) is 0.465. The van der Waals surface area contributed by atoms with E-state index in [4.69, 9.17) is 0 Å². The van der Waals surface area contributed by atoms with Crippen LogP contribution in [0.3, 0.4) is 0 Å². The SMILES string of the molecule is CC[SiH2]c1cc(N(c2cc(C(C)(C)C)cc(C(C)(C)C)c2)c2c3ccccc3c(N(c3cc(C(C)(C)C)cc(C(C)(C)C)c3)c3cc([SiH](CC)CC)cc([Si](CC)(CC)CC)c3)c3cc(C)ccc23)cc([SiH](CC)CC)c1. The van der Waals surface area contributed by atoms with Crippen LogP contribution in [0.1, 0.15) is 166 Å². The summed E-state index contributed by atoms with van der Waals surface area (Å²) < 4.78 is 0. The van der Waals surface area contributed by atoms with Crippen molar-refractivity contribution in [1.29, 1.82) is 0 Å². The molecule has 7 aromatic carbocycles. The highest BCUT2D eigenvalue weighted by Gasteiger charge is 2.34. The Kier molecular flexibility index (Phi) is 18.5. The van der Waals surface area contributed by atoms with E-state index in [0.717, 1.165) is 0 Å². The van der Waals surface area contributed by atoms with E-state index >= 15 is 0 Å². The minimum Gasteiger partial charge on any atom is -0.309 e. The van der Waals surface area contributed by atoms with E-state index in [1.165, 1.54) is 132 Å². The highest BCUT2D eigenvalue weighted by molar-refractivity contribution is 6.92. The number of rotatable bonds is 18. The van der Waals surface area contributed by atoms with Gasteiger partial charge in [-0.05, 0) is 105 Å². The molecule has 0 atom stereocenters. The number of hydrogen-bond acceptors (Lipinski definition) is 2. The summed E-state index contributed by atoms with van der Waals surface area (Å²) in [7, 11) is -4.81. The molecule has 0 saturated heterocycles. The molecule has 0 aromatic heterocycles. The molecule has 0 saturated carbocycles. The van der Waals surface area contributed by atoms with Crippen LogP contribution in [0.5, 0.6) is 0 Å². The Hall–Kier alpha value is -4.47. The standard InChI is InChI=1S/C71H102N2Si4/c1-22-74-58-43-56(44-59(47-58)75(23-2)24-3)72(54-39-50(68(10,11)12)37-51(40-54)69(13,14)15)66-62-32-30-31-33-63(62)67(65-36-49(9)34-35-64(65)66)73(55-41-52(70(16,17)18)38-53(42-55)71(19,20)21)57-45-60(76(25-4)26-5)48-61(46-57)77(27-6,28-7)29-8/h30-48,75-76H,22-29,74H2,1-21H3. The van der Waals surface area contributed by atoms with Crippen molar-refractivity contribution in [3.05, 3.63) is 143 Å². The van der Waals surface area contributed by atoms with Gasteiger partial charge in [-0.2, -0.15) is 0 Å². The van der Waals surface area contributed by atoms with Gasteiger partial charge in [0, 0.05) is 44.3 Å². The average Bonchev–Trinajstić information content (AvgIpc) is 3.44. The summed E-state index contributed by atoms with van der Waals surface area (Å²) in [5.41, 5.74) is 14.3. The van der Waals surface area contributed by atoms with E-state index in [0.29, 0.717) is 0 Å². The lowest BCUT2D eigenvalue weighted by molar-refractivity contribution is 0.568. The molecule has 0 aliphatic carbocycles. The monoisotopic (exact) mass is 1090 g/mol. The maximum absolute atomic E-state index is 2.79. The minimum absolute atomic E-state index is 0.0517. The summed E-state index contributed by atoms with van der Waals surface area (Å²) in [6.45, 7) is 50.8. The lowest BCUT2D eigenvalue weighted by Crippen LogP contribution is -2.48. The van der Waals surface area contributed by atoms with Crippen molar-refractivity contribution in [2.45, 2.75) is 215 Å². The Morgan fingerprint density at radius 1 is 0.403 bits per heavy atom. The van der Waals surface area contributed by atoms with Crippen LogP contribution in [0.2, 0.25) is 48.4 Å². The molecule has 7 aromatic rings. The van der Waals surface area contributed by atoms with Gasteiger partial charge < -0.3 is 9.80 Å². The zero-order valence-electron chi connectivity index (χ0n) is 52.4. The summed E-state index contributed by atoms with van der Waals surface area (Å²) in [5.74, 6) is 0. The molecule has 0 N–H and O–H groups in total. The summed E-state index contributed by atoms with van der Waals surface area (Å²) >= 11 is 0. The third kappa shape index (κ3) is 12.6. The van der Waals surface area contributed by atoms with Crippen LogP contribution in [0.25, 0.3) is 21.5 Å². The van der Waals surface area contributed by atoms with E-state index in [-0.39, 0.29) is 21.7 Å². The van der Waals surface area contributed by atoms with Crippen molar-refractivity contribution < 1.29 is 0 Å². The van der Waals surface area contributed by atoms with Crippen molar-refractivity contribution in [2.75, 3.05) is 9.80 Å². The van der Waals surface area contributed by atoms with Gasteiger partial charge in [-0.15, -0.1) is 0 Å². The lowest BCUT2D eigenvalue weighted by atomic mass is 9.80.